The Balaban J connectivity index is 1.21. The third-order valence-electron chi connectivity index (χ3n) is 6.27. The molecule has 1 saturated heterocycles. The zero-order valence-electron chi connectivity index (χ0n) is 17.5. The first-order chi connectivity index (χ1) is 15.2. The van der Waals surface area contributed by atoms with Crippen molar-refractivity contribution in [2.24, 2.45) is 0 Å². The lowest BCUT2D eigenvalue weighted by Crippen LogP contribution is -2.46. The maximum absolute atomic E-state index is 13.1. The number of benzene rings is 3. The quantitative estimate of drug-likeness (QED) is 0.671. The highest BCUT2D eigenvalue weighted by Gasteiger charge is 2.23. The average molecular weight is 416 g/mol. The van der Waals surface area contributed by atoms with E-state index in [1.807, 2.05) is 12.1 Å². The van der Waals surface area contributed by atoms with Gasteiger partial charge >= 0.3 is 0 Å². The number of rotatable bonds is 4. The van der Waals surface area contributed by atoms with Crippen LogP contribution in [0.25, 0.3) is 11.1 Å². The van der Waals surface area contributed by atoms with E-state index in [4.69, 9.17) is 0 Å². The van der Waals surface area contributed by atoms with Crippen LogP contribution in [0.3, 0.4) is 0 Å². The molecule has 31 heavy (non-hydrogen) atoms. The minimum Gasteiger partial charge on any atom is -0.367 e. The molecular formula is C26H26FN3O. The molecule has 4 nitrogen and oxygen atoms in total. The molecule has 0 saturated carbocycles. The van der Waals surface area contributed by atoms with Gasteiger partial charge in [-0.1, -0.05) is 48.5 Å². The van der Waals surface area contributed by atoms with E-state index in [1.165, 1.54) is 23.3 Å². The third-order valence-corrected chi connectivity index (χ3v) is 6.27. The summed E-state index contributed by atoms with van der Waals surface area (Å²) in [6.07, 6.45) is 1.40. The van der Waals surface area contributed by atoms with Gasteiger partial charge in [-0.3, -0.25) is 9.69 Å². The number of amides is 1. The van der Waals surface area contributed by atoms with Crippen LogP contribution < -0.4 is 10.2 Å². The maximum atomic E-state index is 13.1. The van der Waals surface area contributed by atoms with E-state index in [9.17, 15) is 9.18 Å². The molecule has 0 aromatic heterocycles. The molecule has 2 heterocycles. The smallest absolute Gasteiger partial charge is 0.224 e. The SMILES string of the molecule is O=C1CCc2cccc(N3CCN(Cc4ccc(-c5ccc(F)cc5)cc4)CC3)c2N1. The molecule has 3 aromatic carbocycles. The molecule has 3 aromatic rings. The van der Waals surface area contributed by atoms with Crippen molar-refractivity contribution in [3.63, 3.8) is 0 Å². The van der Waals surface area contributed by atoms with E-state index < -0.39 is 0 Å². The molecule has 0 atom stereocenters. The summed E-state index contributed by atoms with van der Waals surface area (Å²) in [5.41, 5.74) is 6.80. The summed E-state index contributed by atoms with van der Waals surface area (Å²) in [6, 6.07) is 21.5. The monoisotopic (exact) mass is 415 g/mol. The Labute approximate surface area is 182 Å². The molecule has 0 spiro atoms. The molecule has 1 fully saturated rings. The van der Waals surface area contributed by atoms with Gasteiger partial charge in [0, 0.05) is 39.1 Å². The predicted octanol–water partition coefficient (Wildman–Crippen LogP) is 4.70. The first-order valence-electron chi connectivity index (χ1n) is 10.9. The van der Waals surface area contributed by atoms with Crippen LogP contribution in [0.2, 0.25) is 0 Å². The Hall–Kier alpha value is -3.18. The van der Waals surface area contributed by atoms with Crippen molar-refractivity contribution in [2.75, 3.05) is 36.4 Å². The molecule has 2 aliphatic heterocycles. The molecule has 0 bridgehead atoms. The highest BCUT2D eigenvalue weighted by atomic mass is 19.1. The fourth-order valence-electron chi connectivity index (χ4n) is 4.50. The Kier molecular flexibility index (Phi) is 5.43. The lowest BCUT2D eigenvalue weighted by atomic mass is 10.0. The summed E-state index contributed by atoms with van der Waals surface area (Å²) in [5, 5.41) is 3.08. The van der Waals surface area contributed by atoms with Crippen molar-refractivity contribution in [1.29, 1.82) is 0 Å². The minimum absolute atomic E-state index is 0.114. The van der Waals surface area contributed by atoms with Crippen molar-refractivity contribution in [3.8, 4) is 11.1 Å². The molecule has 5 rings (SSSR count). The number of piperazine rings is 1. The second-order valence-corrected chi connectivity index (χ2v) is 8.33. The van der Waals surface area contributed by atoms with Crippen LogP contribution in [0.4, 0.5) is 15.8 Å². The van der Waals surface area contributed by atoms with Crippen LogP contribution >= 0.6 is 0 Å². The van der Waals surface area contributed by atoms with Gasteiger partial charge in [-0.05, 0) is 46.9 Å². The zero-order valence-corrected chi connectivity index (χ0v) is 17.5. The van der Waals surface area contributed by atoms with E-state index in [0.717, 1.165) is 61.6 Å². The summed E-state index contributed by atoms with van der Waals surface area (Å²) in [7, 11) is 0. The fourth-order valence-corrected chi connectivity index (χ4v) is 4.50. The van der Waals surface area contributed by atoms with E-state index in [1.54, 1.807) is 0 Å². The van der Waals surface area contributed by atoms with Gasteiger partial charge in [-0.2, -0.15) is 0 Å². The second-order valence-electron chi connectivity index (χ2n) is 8.33. The summed E-state index contributed by atoms with van der Waals surface area (Å²) in [5.74, 6) is -0.0967. The number of anilines is 2. The Morgan fingerprint density at radius 2 is 1.48 bits per heavy atom. The average Bonchev–Trinajstić information content (AvgIpc) is 2.80. The third kappa shape index (κ3) is 4.32. The van der Waals surface area contributed by atoms with E-state index >= 15 is 0 Å². The number of para-hydroxylation sites is 1. The molecule has 1 N–H and O–H groups in total. The van der Waals surface area contributed by atoms with Crippen molar-refractivity contribution < 1.29 is 9.18 Å². The molecule has 2 aliphatic rings. The number of nitrogens with zero attached hydrogens (tertiary/aromatic N) is 2. The van der Waals surface area contributed by atoms with Crippen molar-refractivity contribution in [2.45, 2.75) is 19.4 Å². The molecule has 0 aliphatic carbocycles. The van der Waals surface area contributed by atoms with E-state index in [2.05, 4.69) is 57.6 Å². The molecule has 1 amide bonds. The van der Waals surface area contributed by atoms with Crippen LogP contribution in [0.1, 0.15) is 17.5 Å². The number of halogens is 1. The lowest BCUT2D eigenvalue weighted by molar-refractivity contribution is -0.116. The van der Waals surface area contributed by atoms with Gasteiger partial charge in [0.1, 0.15) is 5.82 Å². The first kappa shape index (κ1) is 19.8. The molecule has 158 valence electrons. The highest BCUT2D eigenvalue weighted by molar-refractivity contribution is 5.98. The number of aryl methyl sites for hydroxylation is 1. The topological polar surface area (TPSA) is 35.6 Å². The number of fused-ring (bicyclic) bond motifs is 1. The van der Waals surface area contributed by atoms with Gasteiger partial charge in [0.2, 0.25) is 5.91 Å². The van der Waals surface area contributed by atoms with Gasteiger partial charge in [0.15, 0.2) is 0 Å². The van der Waals surface area contributed by atoms with Crippen LogP contribution in [0, 0.1) is 5.82 Å². The maximum Gasteiger partial charge on any atom is 0.224 e. The van der Waals surface area contributed by atoms with Crippen molar-refractivity contribution in [1.82, 2.24) is 4.90 Å². The number of nitrogens with one attached hydrogen (secondary N) is 1. The summed E-state index contributed by atoms with van der Waals surface area (Å²) >= 11 is 0. The summed E-state index contributed by atoms with van der Waals surface area (Å²) in [4.78, 5) is 16.7. The standard InChI is InChI=1S/C26H26FN3O/c27-23-11-8-21(9-12-23)20-6-4-19(5-7-20)18-29-14-16-30(17-15-29)24-3-1-2-22-10-13-25(31)28-26(22)24/h1-9,11-12H,10,13-18H2,(H,28,31). The van der Waals surface area contributed by atoms with E-state index in [-0.39, 0.29) is 11.7 Å². The number of carbonyl (C=O) groups excluding carboxylic acids is 1. The number of carbonyl (C=O) groups is 1. The van der Waals surface area contributed by atoms with Crippen LogP contribution in [0.5, 0.6) is 0 Å². The van der Waals surface area contributed by atoms with E-state index in [0.29, 0.717) is 6.42 Å². The van der Waals surface area contributed by atoms with Gasteiger partial charge in [0.05, 0.1) is 11.4 Å². The molecule has 5 heteroatoms. The van der Waals surface area contributed by atoms with Gasteiger partial charge in [0.25, 0.3) is 0 Å². The van der Waals surface area contributed by atoms with Crippen LogP contribution in [-0.4, -0.2) is 37.0 Å². The summed E-state index contributed by atoms with van der Waals surface area (Å²) in [6.45, 7) is 4.77. The number of hydrogen-bond acceptors (Lipinski definition) is 3. The Bertz CT molecular complexity index is 1070. The van der Waals surface area contributed by atoms with Gasteiger partial charge < -0.3 is 10.2 Å². The Morgan fingerprint density at radius 1 is 0.806 bits per heavy atom. The van der Waals surface area contributed by atoms with Crippen molar-refractivity contribution >= 4 is 17.3 Å². The normalized spacial score (nSPS) is 16.7. The van der Waals surface area contributed by atoms with Crippen LogP contribution in [0.15, 0.2) is 66.7 Å². The minimum atomic E-state index is -0.210. The van der Waals surface area contributed by atoms with Crippen molar-refractivity contribution in [3.05, 3.63) is 83.7 Å². The lowest BCUT2D eigenvalue weighted by Gasteiger charge is -2.37. The van der Waals surface area contributed by atoms with Gasteiger partial charge in [-0.15, -0.1) is 0 Å². The molecular weight excluding hydrogens is 389 g/mol. The highest BCUT2D eigenvalue weighted by Crippen LogP contribution is 2.34. The zero-order chi connectivity index (χ0) is 21.2. The fraction of sp³-hybridized carbons (Fsp3) is 0.269. The molecule has 0 unspecified atom stereocenters. The largest absolute Gasteiger partial charge is 0.367 e. The van der Waals surface area contributed by atoms with Crippen LogP contribution in [-0.2, 0) is 17.8 Å². The summed E-state index contributed by atoms with van der Waals surface area (Å²) < 4.78 is 13.1. The number of hydrogen-bond donors (Lipinski definition) is 1. The van der Waals surface area contributed by atoms with Gasteiger partial charge in [-0.25, -0.2) is 4.39 Å². The molecule has 0 radical (unpaired) electrons. The first-order valence-corrected chi connectivity index (χ1v) is 10.9. The Morgan fingerprint density at radius 3 is 2.19 bits per heavy atom. The second kappa shape index (κ2) is 8.52. The predicted molar refractivity (Wildman–Crippen MR) is 123 cm³/mol.